The third-order valence-electron chi connectivity index (χ3n) is 3.53. The minimum absolute atomic E-state index is 0.183. The first-order valence-corrected chi connectivity index (χ1v) is 8.99. The van der Waals surface area contributed by atoms with E-state index in [0.29, 0.717) is 29.4 Å². The van der Waals surface area contributed by atoms with Gasteiger partial charge in [-0.1, -0.05) is 23.7 Å². The Morgan fingerprint density at radius 1 is 1.07 bits per heavy atom. The minimum Gasteiger partial charge on any atom is -0.383 e. The monoisotopic (exact) mass is 405 g/mol. The summed E-state index contributed by atoms with van der Waals surface area (Å²) in [6.07, 6.45) is 0.194. The van der Waals surface area contributed by atoms with E-state index in [1.54, 1.807) is 55.6 Å². The molecule has 0 bridgehead atoms. The summed E-state index contributed by atoms with van der Waals surface area (Å²) in [4.78, 5) is 23.9. The molecule has 0 heterocycles. The van der Waals surface area contributed by atoms with Gasteiger partial charge in [0.05, 0.1) is 13.0 Å². The molecular formula is C19H20ClN3O3S. The topological polar surface area (TPSA) is 79.5 Å². The number of methoxy groups -OCH3 is 1. The maximum absolute atomic E-state index is 12.0. The van der Waals surface area contributed by atoms with Crippen LogP contribution in [0.3, 0.4) is 0 Å². The number of benzene rings is 2. The third-order valence-corrected chi connectivity index (χ3v) is 3.98. The summed E-state index contributed by atoms with van der Waals surface area (Å²) in [5.41, 5.74) is 2.03. The van der Waals surface area contributed by atoms with Gasteiger partial charge in [0.1, 0.15) is 0 Å². The van der Waals surface area contributed by atoms with Crippen molar-refractivity contribution < 1.29 is 14.3 Å². The molecule has 27 heavy (non-hydrogen) atoms. The van der Waals surface area contributed by atoms with Gasteiger partial charge in [0, 0.05) is 29.9 Å². The molecule has 0 spiro atoms. The lowest BCUT2D eigenvalue weighted by Gasteiger charge is -2.10. The van der Waals surface area contributed by atoms with Gasteiger partial charge in [-0.05, 0) is 54.2 Å². The molecule has 0 aliphatic rings. The molecule has 8 heteroatoms. The Kier molecular flexibility index (Phi) is 8.19. The lowest BCUT2D eigenvalue weighted by Crippen LogP contribution is -2.35. The first kappa shape index (κ1) is 20.8. The number of halogens is 1. The highest BCUT2D eigenvalue weighted by Gasteiger charge is 2.08. The Labute approximate surface area is 168 Å². The molecule has 2 aromatic rings. The van der Waals surface area contributed by atoms with E-state index in [-0.39, 0.29) is 23.3 Å². The number of hydrogen-bond acceptors (Lipinski definition) is 4. The maximum Gasteiger partial charge on any atom is 0.251 e. The quantitative estimate of drug-likeness (QED) is 0.487. The number of hydrogen-bond donors (Lipinski definition) is 3. The van der Waals surface area contributed by atoms with E-state index < -0.39 is 0 Å². The standard InChI is InChI=1S/C19H20ClN3O3S/c1-26-11-10-21-18(25)14-4-8-16(9-5-14)22-19(27)23-17(24)12-13-2-6-15(20)7-3-13/h2-9H,10-12H2,1H3,(H,21,25)(H2,22,23,24,27). The Morgan fingerprint density at radius 2 is 1.74 bits per heavy atom. The fourth-order valence-corrected chi connectivity index (χ4v) is 2.55. The molecule has 0 aliphatic carbocycles. The fraction of sp³-hybridized carbons (Fsp3) is 0.211. The minimum atomic E-state index is -0.232. The Morgan fingerprint density at radius 3 is 2.37 bits per heavy atom. The summed E-state index contributed by atoms with van der Waals surface area (Å²) >= 11 is 11.0. The van der Waals surface area contributed by atoms with Crippen LogP contribution in [-0.4, -0.2) is 37.2 Å². The fourth-order valence-electron chi connectivity index (χ4n) is 2.19. The van der Waals surface area contributed by atoms with Crippen molar-refractivity contribution in [1.82, 2.24) is 10.6 Å². The normalized spacial score (nSPS) is 10.1. The molecule has 2 aromatic carbocycles. The van der Waals surface area contributed by atoms with Crippen molar-refractivity contribution in [2.24, 2.45) is 0 Å². The van der Waals surface area contributed by atoms with Gasteiger partial charge < -0.3 is 20.7 Å². The molecule has 0 saturated heterocycles. The van der Waals surface area contributed by atoms with Crippen molar-refractivity contribution in [3.8, 4) is 0 Å². The molecule has 0 fully saturated rings. The van der Waals surface area contributed by atoms with Crippen LogP contribution in [0.5, 0.6) is 0 Å². The summed E-state index contributed by atoms with van der Waals surface area (Å²) in [6.45, 7) is 0.897. The highest BCUT2D eigenvalue weighted by Crippen LogP contribution is 2.11. The average molecular weight is 406 g/mol. The number of thiocarbonyl (C=S) groups is 1. The number of anilines is 1. The first-order chi connectivity index (χ1) is 13.0. The zero-order chi connectivity index (χ0) is 19.6. The molecule has 3 N–H and O–H groups in total. The lowest BCUT2D eigenvalue weighted by molar-refractivity contribution is -0.119. The van der Waals surface area contributed by atoms with Crippen LogP contribution < -0.4 is 16.0 Å². The molecule has 2 amide bonds. The van der Waals surface area contributed by atoms with E-state index in [1.807, 2.05) is 0 Å². The summed E-state index contributed by atoms with van der Waals surface area (Å²) in [7, 11) is 1.57. The van der Waals surface area contributed by atoms with Crippen molar-refractivity contribution in [3.05, 3.63) is 64.7 Å². The Hall–Kier alpha value is -2.48. The van der Waals surface area contributed by atoms with Crippen molar-refractivity contribution in [2.75, 3.05) is 25.6 Å². The van der Waals surface area contributed by atoms with E-state index in [9.17, 15) is 9.59 Å². The first-order valence-electron chi connectivity index (χ1n) is 8.20. The van der Waals surface area contributed by atoms with Crippen LogP contribution in [0.15, 0.2) is 48.5 Å². The summed E-state index contributed by atoms with van der Waals surface area (Å²) in [6, 6.07) is 13.8. The molecule has 2 rings (SSSR count). The molecular weight excluding hydrogens is 386 g/mol. The van der Waals surface area contributed by atoms with E-state index >= 15 is 0 Å². The molecule has 6 nitrogen and oxygen atoms in total. The SMILES string of the molecule is COCCNC(=O)c1ccc(NC(=S)NC(=O)Cc2ccc(Cl)cc2)cc1. The average Bonchev–Trinajstić information content (AvgIpc) is 2.64. The van der Waals surface area contributed by atoms with Gasteiger partial charge in [-0.25, -0.2) is 0 Å². The van der Waals surface area contributed by atoms with Crippen molar-refractivity contribution in [1.29, 1.82) is 0 Å². The van der Waals surface area contributed by atoms with Gasteiger partial charge in [-0.2, -0.15) is 0 Å². The van der Waals surface area contributed by atoms with Crippen molar-refractivity contribution in [3.63, 3.8) is 0 Å². The van der Waals surface area contributed by atoms with Crippen molar-refractivity contribution in [2.45, 2.75) is 6.42 Å². The van der Waals surface area contributed by atoms with Crippen LogP contribution in [-0.2, 0) is 16.0 Å². The van der Waals surface area contributed by atoms with Crippen LogP contribution in [0.4, 0.5) is 5.69 Å². The molecule has 0 aromatic heterocycles. The van der Waals surface area contributed by atoms with E-state index in [2.05, 4.69) is 16.0 Å². The number of amides is 2. The molecule has 0 radical (unpaired) electrons. The highest BCUT2D eigenvalue weighted by molar-refractivity contribution is 7.80. The van der Waals surface area contributed by atoms with Crippen molar-refractivity contribution >= 4 is 46.4 Å². The van der Waals surface area contributed by atoms with E-state index in [1.165, 1.54) is 0 Å². The van der Waals surface area contributed by atoms with Gasteiger partial charge in [0.2, 0.25) is 5.91 Å². The van der Waals surface area contributed by atoms with E-state index in [0.717, 1.165) is 5.56 Å². The molecule has 0 aliphatic heterocycles. The largest absolute Gasteiger partial charge is 0.383 e. The Bertz CT molecular complexity index is 795. The zero-order valence-electron chi connectivity index (χ0n) is 14.8. The number of nitrogens with one attached hydrogen (secondary N) is 3. The molecule has 142 valence electrons. The van der Waals surface area contributed by atoms with Gasteiger partial charge in [0.15, 0.2) is 5.11 Å². The number of rotatable bonds is 7. The number of ether oxygens (including phenoxy) is 1. The van der Waals surface area contributed by atoms with Crippen LogP contribution in [0.2, 0.25) is 5.02 Å². The highest BCUT2D eigenvalue weighted by atomic mass is 35.5. The summed E-state index contributed by atoms with van der Waals surface area (Å²) in [5, 5.41) is 9.07. The van der Waals surface area contributed by atoms with Crippen LogP contribution in [0.1, 0.15) is 15.9 Å². The van der Waals surface area contributed by atoms with Gasteiger partial charge in [-0.3, -0.25) is 9.59 Å². The van der Waals surface area contributed by atoms with Crippen LogP contribution in [0.25, 0.3) is 0 Å². The van der Waals surface area contributed by atoms with Gasteiger partial charge in [0.25, 0.3) is 5.91 Å². The maximum atomic E-state index is 12.0. The summed E-state index contributed by atoms with van der Waals surface area (Å²) < 4.78 is 4.89. The molecule has 0 saturated carbocycles. The number of carbonyl (C=O) groups excluding carboxylic acids is 2. The summed E-state index contributed by atoms with van der Waals surface area (Å²) in [5.74, 6) is -0.415. The Balaban J connectivity index is 1.81. The second-order valence-corrected chi connectivity index (χ2v) is 6.48. The number of carbonyl (C=O) groups is 2. The molecule has 0 atom stereocenters. The predicted molar refractivity (Wildman–Crippen MR) is 110 cm³/mol. The van der Waals surface area contributed by atoms with Crippen LogP contribution >= 0.6 is 23.8 Å². The zero-order valence-corrected chi connectivity index (χ0v) is 16.3. The molecule has 0 unspecified atom stereocenters. The van der Waals surface area contributed by atoms with Crippen LogP contribution in [0, 0.1) is 0 Å². The second-order valence-electron chi connectivity index (χ2n) is 5.63. The second kappa shape index (κ2) is 10.6. The van der Waals surface area contributed by atoms with Gasteiger partial charge >= 0.3 is 0 Å². The third kappa shape index (κ3) is 7.34. The lowest BCUT2D eigenvalue weighted by atomic mass is 10.1. The van der Waals surface area contributed by atoms with E-state index in [4.69, 9.17) is 28.6 Å². The smallest absolute Gasteiger partial charge is 0.251 e. The van der Waals surface area contributed by atoms with Gasteiger partial charge in [-0.15, -0.1) is 0 Å². The predicted octanol–water partition coefficient (Wildman–Crippen LogP) is 2.77.